The summed E-state index contributed by atoms with van der Waals surface area (Å²) in [5.41, 5.74) is 1.56. The number of esters is 2. The van der Waals surface area contributed by atoms with Crippen LogP contribution in [0.3, 0.4) is 0 Å². The predicted octanol–water partition coefficient (Wildman–Crippen LogP) is 8.99. The number of halogens is 1. The summed E-state index contributed by atoms with van der Waals surface area (Å²) in [5, 5.41) is 12.1. The summed E-state index contributed by atoms with van der Waals surface area (Å²) < 4.78 is 42.6. The van der Waals surface area contributed by atoms with Gasteiger partial charge in [0.1, 0.15) is 35.5 Å². The summed E-state index contributed by atoms with van der Waals surface area (Å²) in [6.07, 6.45) is 12.5. The van der Waals surface area contributed by atoms with Crippen molar-refractivity contribution < 1.29 is 66.7 Å². The molecule has 1 saturated carbocycles. The number of piperidine rings is 1. The molecule has 0 aromatic carbocycles. The van der Waals surface area contributed by atoms with Crippen LogP contribution in [0.1, 0.15) is 126 Å². The number of fused-ring (bicyclic) bond motifs is 3. The Labute approximate surface area is 445 Å². The van der Waals surface area contributed by atoms with Crippen LogP contribution in [0.2, 0.25) is 19.6 Å². The number of aliphatic hydroxyl groups is 1. The van der Waals surface area contributed by atoms with Gasteiger partial charge in [-0.15, -0.1) is 0 Å². The second-order valence-corrected chi connectivity index (χ2v) is 27.4. The Morgan fingerprint density at radius 1 is 0.863 bits per heavy atom. The van der Waals surface area contributed by atoms with Gasteiger partial charge in [0.2, 0.25) is 5.79 Å². The third-order valence-electron chi connectivity index (χ3n) is 15.3. The van der Waals surface area contributed by atoms with E-state index < -0.39 is 86.3 Å². The number of carbonyl (C=O) groups is 6. The van der Waals surface area contributed by atoms with Gasteiger partial charge in [-0.25, -0.2) is 4.79 Å². The second kappa shape index (κ2) is 28.8. The van der Waals surface area contributed by atoms with E-state index in [1.807, 2.05) is 83.8 Å². The number of ketones is 3. The topological polar surface area (TPSA) is 190 Å². The van der Waals surface area contributed by atoms with E-state index in [4.69, 9.17) is 32.8 Å². The highest BCUT2D eigenvalue weighted by Crippen LogP contribution is 2.38. The van der Waals surface area contributed by atoms with Gasteiger partial charge in [0.25, 0.3) is 11.7 Å². The van der Waals surface area contributed by atoms with Crippen molar-refractivity contribution in [3.8, 4) is 0 Å². The molecule has 4 aliphatic rings. The quantitative estimate of drug-likeness (QED) is 0.0717. The monoisotopic (exact) mass is 1110 g/mol. The van der Waals surface area contributed by atoms with Gasteiger partial charge in [-0.2, -0.15) is 0 Å². The Morgan fingerprint density at radius 2 is 1.58 bits per heavy atom. The maximum Gasteiger partial charge on any atom is 0.329 e. The minimum atomic E-state index is -2.44. The van der Waals surface area contributed by atoms with Gasteiger partial charge in [-0.3, -0.25) is 24.0 Å². The van der Waals surface area contributed by atoms with Crippen molar-refractivity contribution in [3.05, 3.63) is 47.6 Å². The van der Waals surface area contributed by atoms with E-state index in [-0.39, 0.29) is 72.0 Å². The molecule has 15 atom stereocenters. The minimum Gasteiger partial charge on any atom is -0.460 e. The van der Waals surface area contributed by atoms with Crippen LogP contribution in [-0.4, -0.2) is 141 Å². The molecule has 15 nitrogen and oxygen atoms in total. The van der Waals surface area contributed by atoms with E-state index in [1.54, 1.807) is 28.1 Å². The summed E-state index contributed by atoms with van der Waals surface area (Å²) in [6.45, 7) is 19.3. The number of methoxy groups -OCH3 is 3. The summed E-state index contributed by atoms with van der Waals surface area (Å²) in [6, 6.07) is -1.15. The molecule has 2 bridgehead atoms. The fourth-order valence-corrected chi connectivity index (χ4v) is 12.2. The number of alkyl halides is 1. The summed E-state index contributed by atoms with van der Waals surface area (Å²) in [7, 11) is 2.38. The van der Waals surface area contributed by atoms with Crippen LogP contribution >= 0.6 is 15.9 Å². The first-order valence-electron chi connectivity index (χ1n) is 26.6. The number of allylic oxidation sites excluding steroid dienone is 6. The molecule has 0 radical (unpaired) electrons. The molecule has 3 heterocycles. The van der Waals surface area contributed by atoms with Crippen LogP contribution in [0.25, 0.3) is 0 Å². The number of carbonyl (C=O) groups excluding carboxylic acids is 6. The fraction of sp³-hybridized carbons (Fsp3) is 0.750. The van der Waals surface area contributed by atoms with Crippen LogP contribution in [-0.2, 0) is 61.6 Å². The Balaban J connectivity index is 1.76. The number of Topliss-reactive ketones (excluding diaryl/α,β-unsaturated/α-hetero) is 3. The zero-order valence-corrected chi connectivity index (χ0v) is 48.6. The van der Waals surface area contributed by atoms with E-state index in [0.29, 0.717) is 69.8 Å². The standard InChI is InChI=1S/C56H88BrNO14Si/c1-34-19-15-14-16-20-35(2)46(66-8)31-42-24-22-40(7)56(65,71-42)53(62)54(63)58-26-18-17-21-43(58)55(64)70-47(37(4)29-41-23-25-45(48(30-41)67-9)69-49(60)33-57)32-44(59)36(3)28-39(6)51(72-73(11,12)13)52(68-10)50(61)38(5)27-34/h14-16,19-20,28,34,36-38,40-43,45-48,51-52,65H,17-18,21-27,29-33H2,1-13H3/b16-14?,19-15+,35-20?,39-28+/t34-,36-,37-,38-,40-,41+,42+,43+,45-,46+,47+,48-,51-,52+,56-/m1/s1. The Kier molecular flexibility index (Phi) is 24.6. The first-order chi connectivity index (χ1) is 34.4. The van der Waals surface area contributed by atoms with Gasteiger partial charge in [0.15, 0.2) is 14.1 Å². The first kappa shape index (κ1) is 62.4. The number of hydrogen-bond acceptors (Lipinski definition) is 14. The lowest BCUT2D eigenvalue weighted by Gasteiger charge is -2.42. The zero-order valence-electron chi connectivity index (χ0n) is 46.0. The van der Waals surface area contributed by atoms with E-state index in [2.05, 4.69) is 22.9 Å². The number of ether oxygens (including phenoxy) is 6. The molecule has 1 N–H and O–H groups in total. The zero-order chi connectivity index (χ0) is 54.4. The lowest BCUT2D eigenvalue weighted by Crippen LogP contribution is -2.61. The highest BCUT2D eigenvalue weighted by molar-refractivity contribution is 9.09. The summed E-state index contributed by atoms with van der Waals surface area (Å²) >= 11 is 3.17. The Morgan fingerprint density at radius 3 is 2.22 bits per heavy atom. The fourth-order valence-electron chi connectivity index (χ4n) is 11.0. The molecule has 73 heavy (non-hydrogen) atoms. The molecule has 17 heteroatoms. The third kappa shape index (κ3) is 17.7. The molecule has 1 amide bonds. The van der Waals surface area contributed by atoms with Crippen molar-refractivity contribution in [2.75, 3.05) is 33.2 Å². The Hall–Kier alpha value is -3.16. The molecule has 1 aliphatic carbocycles. The SMILES string of the molecule is CO[C@H]1C[C@@H]2CC[C@@H](C)[C@@](O)(O2)C(=O)C(=O)N2CCCC[C@H]2C(=O)O[C@H]([C@H](C)C[C@@H]2CC[C@@H](OC(=O)CBr)[C@H](OC)C2)CC(=O)[C@H](C)/C=C(\C)[C@@H](O[Si](C)(C)C)[C@@H](OC)C(=O)[C@H](C)C[C@H](C)/C=C/C=CC=C1C. The molecule has 0 aromatic rings. The van der Waals surface area contributed by atoms with Crippen molar-refractivity contribution in [1.29, 1.82) is 0 Å². The Bertz CT molecular complexity index is 2020. The number of hydrogen-bond donors (Lipinski definition) is 1. The first-order valence-corrected chi connectivity index (χ1v) is 31.1. The van der Waals surface area contributed by atoms with E-state index >= 15 is 0 Å². The van der Waals surface area contributed by atoms with Crippen molar-refractivity contribution in [2.45, 2.75) is 200 Å². The van der Waals surface area contributed by atoms with Gasteiger partial charge in [0.05, 0.1) is 24.4 Å². The van der Waals surface area contributed by atoms with Crippen LogP contribution in [0, 0.1) is 35.5 Å². The molecule has 0 spiro atoms. The lowest BCUT2D eigenvalue weighted by molar-refractivity contribution is -0.265. The van der Waals surface area contributed by atoms with Crippen LogP contribution in [0.15, 0.2) is 47.6 Å². The maximum absolute atomic E-state index is 14.6. The van der Waals surface area contributed by atoms with Crippen LogP contribution in [0.5, 0.6) is 0 Å². The van der Waals surface area contributed by atoms with Crippen molar-refractivity contribution in [2.24, 2.45) is 35.5 Å². The van der Waals surface area contributed by atoms with Crippen LogP contribution < -0.4 is 0 Å². The van der Waals surface area contributed by atoms with Gasteiger partial charge < -0.3 is 42.9 Å². The highest BCUT2D eigenvalue weighted by atomic mass is 79.9. The number of cyclic esters (lactones) is 1. The van der Waals surface area contributed by atoms with Crippen molar-refractivity contribution in [1.82, 2.24) is 4.90 Å². The third-order valence-corrected chi connectivity index (χ3v) is 16.7. The largest absolute Gasteiger partial charge is 0.460 e. The van der Waals surface area contributed by atoms with E-state index in [1.165, 1.54) is 12.0 Å². The molecule has 2 saturated heterocycles. The molecular formula is C56H88BrNO14Si. The summed E-state index contributed by atoms with van der Waals surface area (Å²) in [5.74, 6) is -8.04. The average Bonchev–Trinajstić information content (AvgIpc) is 3.35. The molecule has 3 aliphatic heterocycles. The minimum absolute atomic E-state index is 0.0456. The van der Waals surface area contributed by atoms with Crippen molar-refractivity contribution >= 4 is 59.4 Å². The van der Waals surface area contributed by atoms with Gasteiger partial charge in [-0.1, -0.05) is 87.0 Å². The number of rotatable bonds is 10. The molecule has 4 rings (SSSR count). The molecule has 0 unspecified atom stereocenters. The van der Waals surface area contributed by atoms with Crippen molar-refractivity contribution in [3.63, 3.8) is 0 Å². The predicted molar refractivity (Wildman–Crippen MR) is 285 cm³/mol. The average molecular weight is 1110 g/mol. The highest BCUT2D eigenvalue weighted by Gasteiger charge is 2.53. The molecular weight excluding hydrogens is 1020 g/mol. The van der Waals surface area contributed by atoms with Gasteiger partial charge in [-0.05, 0) is 127 Å². The van der Waals surface area contributed by atoms with E-state index in [0.717, 1.165) is 5.57 Å². The molecule has 0 aromatic heterocycles. The normalized spacial score (nSPS) is 36.3. The number of amides is 1. The lowest BCUT2D eigenvalue weighted by atomic mass is 9.78. The van der Waals surface area contributed by atoms with Gasteiger partial charge in [0, 0.05) is 58.5 Å². The molecule has 412 valence electrons. The van der Waals surface area contributed by atoms with Crippen LogP contribution in [0.4, 0.5) is 0 Å². The second-order valence-electron chi connectivity index (χ2n) is 22.4. The summed E-state index contributed by atoms with van der Waals surface area (Å²) in [4.78, 5) is 85.7. The maximum atomic E-state index is 14.6. The van der Waals surface area contributed by atoms with Gasteiger partial charge >= 0.3 is 11.9 Å². The smallest absolute Gasteiger partial charge is 0.329 e. The van der Waals surface area contributed by atoms with E-state index in [9.17, 15) is 33.9 Å². The number of nitrogens with zero attached hydrogens (tertiary/aromatic N) is 1. The molecule has 3 fully saturated rings.